The Balaban J connectivity index is 0.00000387. The molecule has 3 aromatic carbocycles. The largest absolute Gasteiger partial charge is 0.495 e. The molecule has 1 amide bonds. The van der Waals surface area contributed by atoms with E-state index in [-0.39, 0.29) is 24.7 Å². The van der Waals surface area contributed by atoms with Crippen LogP contribution in [0.3, 0.4) is 0 Å². The molecule has 0 saturated heterocycles. The Bertz CT molecular complexity index is 1610. The van der Waals surface area contributed by atoms with Gasteiger partial charge in [-0.25, -0.2) is 0 Å². The zero-order chi connectivity index (χ0) is 28.2. The van der Waals surface area contributed by atoms with E-state index in [9.17, 15) is 4.79 Å². The molecular weight excluding hydrogens is 566 g/mol. The molecule has 41 heavy (non-hydrogen) atoms. The van der Waals surface area contributed by atoms with Crippen molar-refractivity contribution >= 4 is 46.5 Å². The maximum Gasteiger partial charge on any atom is 0.241 e. The lowest BCUT2D eigenvalue weighted by Crippen LogP contribution is -2.37. The fourth-order valence-corrected chi connectivity index (χ4v) is 5.23. The summed E-state index contributed by atoms with van der Waals surface area (Å²) in [5.74, 6) is 2.34. The van der Waals surface area contributed by atoms with Crippen molar-refractivity contribution in [1.29, 1.82) is 0 Å². The number of carbonyl (C=O) groups is 1. The fraction of sp³-hybridized carbons (Fsp3) is 0.200. The molecule has 0 saturated carbocycles. The second kappa shape index (κ2) is 12.9. The molecule has 0 bridgehead atoms. The van der Waals surface area contributed by atoms with E-state index in [0.717, 1.165) is 33.4 Å². The number of nitrogens with two attached hydrogens (primary N) is 1. The van der Waals surface area contributed by atoms with Gasteiger partial charge in [0.1, 0.15) is 17.1 Å². The summed E-state index contributed by atoms with van der Waals surface area (Å²) in [6.45, 7) is 0. The summed E-state index contributed by atoms with van der Waals surface area (Å²) in [7, 11) is 6.25. The first-order valence-electron chi connectivity index (χ1n) is 12.4. The molecule has 214 valence electrons. The van der Waals surface area contributed by atoms with E-state index >= 15 is 0 Å². The van der Waals surface area contributed by atoms with Crippen LogP contribution in [-0.4, -0.2) is 44.8 Å². The third-order valence-electron chi connectivity index (χ3n) is 6.51. The minimum atomic E-state index is -0.827. The molecule has 0 radical (unpaired) electrons. The van der Waals surface area contributed by atoms with Crippen LogP contribution in [0.5, 0.6) is 23.0 Å². The Morgan fingerprint density at radius 3 is 2.29 bits per heavy atom. The number of halogens is 1. The quantitative estimate of drug-likeness (QED) is 0.196. The van der Waals surface area contributed by atoms with E-state index in [0.29, 0.717) is 34.4 Å². The second-order valence-corrected chi connectivity index (χ2v) is 9.59. The van der Waals surface area contributed by atoms with Gasteiger partial charge >= 0.3 is 0 Å². The van der Waals surface area contributed by atoms with E-state index in [4.69, 9.17) is 29.1 Å². The van der Waals surface area contributed by atoms with Crippen LogP contribution < -0.4 is 30.0 Å². The van der Waals surface area contributed by atoms with E-state index in [1.165, 1.54) is 11.5 Å². The number of anilines is 1. The number of carbonyl (C=O) groups excluding carboxylic acids is 1. The molecule has 11 heteroatoms. The van der Waals surface area contributed by atoms with Gasteiger partial charge in [-0.3, -0.25) is 4.79 Å². The second-order valence-electron chi connectivity index (χ2n) is 8.96. The Labute approximate surface area is 247 Å². The SMILES string of the molecule is COc1ccc(-c2csnc2-c2cc(OC)c(OC)c(OC)c2)cc1NC(=O)C(N)Cc1cc2ccccc2o1.Cl. The van der Waals surface area contributed by atoms with E-state index in [1.807, 2.05) is 60.0 Å². The Morgan fingerprint density at radius 2 is 1.63 bits per heavy atom. The van der Waals surface area contributed by atoms with Crippen LogP contribution in [-0.2, 0) is 11.2 Å². The average molecular weight is 596 g/mol. The van der Waals surface area contributed by atoms with E-state index in [2.05, 4.69) is 9.69 Å². The monoisotopic (exact) mass is 595 g/mol. The predicted octanol–water partition coefficient (Wildman–Crippen LogP) is 6.19. The lowest BCUT2D eigenvalue weighted by Gasteiger charge is -2.16. The van der Waals surface area contributed by atoms with Crippen LogP contribution in [0.2, 0.25) is 0 Å². The fourth-order valence-electron chi connectivity index (χ4n) is 4.51. The molecule has 3 N–H and O–H groups in total. The van der Waals surface area contributed by atoms with Crippen molar-refractivity contribution in [3.8, 4) is 45.4 Å². The van der Waals surface area contributed by atoms with Crippen LogP contribution in [0.1, 0.15) is 5.76 Å². The highest BCUT2D eigenvalue weighted by atomic mass is 35.5. The molecule has 0 aliphatic rings. The molecule has 0 fully saturated rings. The van der Waals surface area contributed by atoms with Gasteiger partial charge in [-0.2, -0.15) is 4.37 Å². The predicted molar refractivity (Wildman–Crippen MR) is 163 cm³/mol. The first-order chi connectivity index (χ1) is 19.4. The van der Waals surface area contributed by atoms with Crippen molar-refractivity contribution in [3.63, 3.8) is 0 Å². The maximum atomic E-state index is 13.1. The van der Waals surface area contributed by atoms with Gasteiger partial charge in [0.05, 0.1) is 45.9 Å². The van der Waals surface area contributed by atoms with Crippen LogP contribution in [0.15, 0.2) is 70.5 Å². The topological polar surface area (TPSA) is 118 Å². The minimum absolute atomic E-state index is 0. The van der Waals surface area contributed by atoms with Crippen molar-refractivity contribution in [2.45, 2.75) is 12.5 Å². The van der Waals surface area contributed by atoms with Crippen LogP contribution in [0.4, 0.5) is 5.69 Å². The number of amides is 1. The number of fused-ring (bicyclic) bond motifs is 1. The van der Waals surface area contributed by atoms with Gasteiger partial charge in [0.2, 0.25) is 11.7 Å². The van der Waals surface area contributed by atoms with Crippen molar-refractivity contribution in [2.75, 3.05) is 33.8 Å². The summed E-state index contributed by atoms with van der Waals surface area (Å²) >= 11 is 1.32. The summed E-state index contributed by atoms with van der Waals surface area (Å²) in [6.07, 6.45) is 0.252. The van der Waals surface area contributed by atoms with Gasteiger partial charge in [0, 0.05) is 28.3 Å². The first-order valence-corrected chi connectivity index (χ1v) is 13.3. The molecule has 0 aliphatic carbocycles. The summed E-state index contributed by atoms with van der Waals surface area (Å²) in [6, 6.07) is 18.0. The van der Waals surface area contributed by atoms with Crippen molar-refractivity contribution in [1.82, 2.24) is 4.37 Å². The number of ether oxygens (including phenoxy) is 4. The van der Waals surface area contributed by atoms with Crippen LogP contribution >= 0.6 is 23.9 Å². The van der Waals surface area contributed by atoms with Crippen LogP contribution in [0.25, 0.3) is 33.4 Å². The number of hydrogen-bond donors (Lipinski definition) is 2. The number of methoxy groups -OCH3 is 4. The first kappa shape index (κ1) is 29.7. The summed E-state index contributed by atoms with van der Waals surface area (Å²) in [5.41, 5.74) is 10.7. The molecule has 1 unspecified atom stereocenters. The molecule has 0 aliphatic heterocycles. The van der Waals surface area contributed by atoms with Crippen molar-refractivity contribution < 1.29 is 28.2 Å². The lowest BCUT2D eigenvalue weighted by atomic mass is 10.0. The molecule has 1 atom stereocenters. The summed E-state index contributed by atoms with van der Waals surface area (Å²) < 4.78 is 32.5. The minimum Gasteiger partial charge on any atom is -0.495 e. The Kier molecular flexibility index (Phi) is 9.38. The third kappa shape index (κ3) is 6.09. The van der Waals surface area contributed by atoms with Crippen molar-refractivity contribution in [3.05, 3.63) is 71.8 Å². The number of nitrogens with one attached hydrogen (secondary N) is 1. The molecule has 5 rings (SSSR count). The lowest BCUT2D eigenvalue weighted by molar-refractivity contribution is -0.117. The molecule has 5 aromatic rings. The van der Waals surface area contributed by atoms with Gasteiger partial charge in [-0.15, -0.1) is 12.4 Å². The standard InChI is InChI=1S/C30H29N3O6S.ClH/c1-35-25-10-9-17(21-16-40-33-28(21)19-13-26(36-2)29(38-4)27(14-19)37-3)12-23(25)32-30(34)22(31)15-20-11-18-7-5-6-8-24(18)39-20;/h5-14,16,22H,15,31H2,1-4H3,(H,32,34);1H. The number of hydrogen-bond acceptors (Lipinski definition) is 9. The van der Waals surface area contributed by atoms with Gasteiger partial charge in [0.25, 0.3) is 0 Å². The van der Waals surface area contributed by atoms with E-state index in [1.54, 1.807) is 34.5 Å². The average Bonchev–Trinajstić information content (AvgIpc) is 3.63. The van der Waals surface area contributed by atoms with Gasteiger partial charge < -0.3 is 34.4 Å². The summed E-state index contributed by atoms with van der Waals surface area (Å²) in [4.78, 5) is 13.1. The Hall–Kier alpha value is -4.25. The summed E-state index contributed by atoms with van der Waals surface area (Å²) in [5, 5.41) is 5.83. The number of furan rings is 1. The smallest absolute Gasteiger partial charge is 0.241 e. The molecular formula is C30H30ClN3O6S. The highest BCUT2D eigenvalue weighted by molar-refractivity contribution is 7.04. The van der Waals surface area contributed by atoms with Gasteiger partial charge in [-0.05, 0) is 53.5 Å². The molecule has 2 aromatic heterocycles. The molecule has 9 nitrogen and oxygen atoms in total. The number of para-hydroxylation sites is 1. The number of nitrogens with zero attached hydrogens (tertiary/aromatic N) is 1. The Morgan fingerprint density at radius 1 is 0.927 bits per heavy atom. The van der Waals surface area contributed by atoms with Crippen LogP contribution in [0, 0.1) is 0 Å². The zero-order valence-electron chi connectivity index (χ0n) is 22.9. The number of benzene rings is 3. The van der Waals surface area contributed by atoms with Gasteiger partial charge in [-0.1, -0.05) is 24.3 Å². The third-order valence-corrected chi connectivity index (χ3v) is 7.14. The molecule has 2 heterocycles. The molecule has 0 spiro atoms. The van der Waals surface area contributed by atoms with Crippen molar-refractivity contribution in [2.24, 2.45) is 5.73 Å². The maximum absolute atomic E-state index is 13.1. The van der Waals surface area contributed by atoms with Gasteiger partial charge in [0.15, 0.2) is 11.5 Å². The highest BCUT2D eigenvalue weighted by Gasteiger charge is 2.21. The zero-order valence-corrected chi connectivity index (χ0v) is 24.6. The number of rotatable bonds is 10. The van der Waals surface area contributed by atoms with E-state index < -0.39 is 6.04 Å². The normalized spacial score (nSPS) is 11.4. The number of aromatic nitrogens is 1. The highest BCUT2D eigenvalue weighted by Crippen LogP contribution is 2.44.